The van der Waals surface area contributed by atoms with E-state index >= 15 is 0 Å². The minimum atomic E-state index is -0.574. The van der Waals surface area contributed by atoms with Gasteiger partial charge in [0, 0.05) is 16.2 Å². The number of nitrogens with two attached hydrogens (primary N) is 1. The van der Waals surface area contributed by atoms with Gasteiger partial charge in [0.25, 0.3) is 5.56 Å². The van der Waals surface area contributed by atoms with Gasteiger partial charge in [-0.05, 0) is 49.8 Å². The van der Waals surface area contributed by atoms with Crippen molar-refractivity contribution in [1.82, 2.24) is 14.5 Å². The van der Waals surface area contributed by atoms with Crippen molar-refractivity contribution in [3.63, 3.8) is 0 Å². The summed E-state index contributed by atoms with van der Waals surface area (Å²) in [6, 6.07) is 0. The number of H-pyrrole nitrogens is 1. The Morgan fingerprint density at radius 1 is 1.54 bits per heavy atom. The normalized spacial score (nSPS) is 23.5. The van der Waals surface area contributed by atoms with Gasteiger partial charge in [-0.2, -0.15) is 4.98 Å². The topological polar surface area (TPSA) is 112 Å². The van der Waals surface area contributed by atoms with Crippen LogP contribution >= 0.6 is 22.6 Å². The third-order valence-electron chi connectivity index (χ3n) is 4.42. The van der Waals surface area contributed by atoms with Crippen molar-refractivity contribution in [2.75, 3.05) is 5.73 Å². The van der Waals surface area contributed by atoms with Gasteiger partial charge in [0.1, 0.15) is 12.3 Å². The van der Waals surface area contributed by atoms with Crippen molar-refractivity contribution in [2.24, 2.45) is 5.41 Å². The van der Waals surface area contributed by atoms with E-state index in [-0.39, 0.29) is 35.9 Å². The molecule has 8 nitrogen and oxygen atoms in total. The molecule has 3 rings (SSSR count). The van der Waals surface area contributed by atoms with Crippen LogP contribution in [-0.2, 0) is 14.3 Å². The summed E-state index contributed by atoms with van der Waals surface area (Å²) in [5.74, 6) is -0.199. The fourth-order valence-corrected chi connectivity index (χ4v) is 3.81. The number of nitrogens with zero attached hydrogens (tertiary/aromatic N) is 2. The maximum Gasteiger partial charge on any atom is 0.311 e. The summed E-state index contributed by atoms with van der Waals surface area (Å²) in [4.78, 5) is 31.2. The maximum atomic E-state index is 12.3. The number of carbonyl (C=O) groups excluding carboxylic acids is 1. The molecule has 0 aromatic carbocycles. The van der Waals surface area contributed by atoms with E-state index in [1.54, 1.807) is 4.57 Å². The molecule has 1 saturated heterocycles. The molecule has 9 heteroatoms. The second kappa shape index (κ2) is 6.84. The number of halogens is 1. The number of hydrogen-bond donors (Lipinski definition) is 2. The number of esters is 1. The number of nitrogens with one attached hydrogen (secondary N) is 1. The molecule has 1 aliphatic rings. The van der Waals surface area contributed by atoms with E-state index in [9.17, 15) is 9.59 Å². The number of aromatic nitrogens is 3. The van der Waals surface area contributed by atoms with Crippen molar-refractivity contribution < 1.29 is 14.3 Å². The van der Waals surface area contributed by atoms with Crippen molar-refractivity contribution in [1.29, 1.82) is 0 Å². The quantitative estimate of drug-likeness (QED) is 0.523. The maximum absolute atomic E-state index is 12.3. The third kappa shape index (κ3) is 3.46. The van der Waals surface area contributed by atoms with Crippen LogP contribution in [-0.4, -0.2) is 32.7 Å². The van der Waals surface area contributed by atoms with Crippen LogP contribution in [0.2, 0.25) is 0 Å². The number of ether oxygens (including phenoxy) is 2. The van der Waals surface area contributed by atoms with Crippen LogP contribution in [0.5, 0.6) is 0 Å². The standard InChI is InChI=1S/C17H23IN4O4/c1-5-9-10(26-15(24)17(2,3)4)6-11(25-9)22-7-8(18)12-13(22)20-16(19)21-14(12)23/h7,9-11H,5-6H2,1-4H3,(H3,19,20,21,23)/t9-,10+,11?/m1/s1. The molecular formula is C17H23IN4O4. The molecule has 0 bridgehead atoms. The molecule has 3 heterocycles. The van der Waals surface area contributed by atoms with Gasteiger partial charge in [0.05, 0.1) is 16.9 Å². The lowest BCUT2D eigenvalue weighted by atomic mass is 9.97. The lowest BCUT2D eigenvalue weighted by molar-refractivity contribution is -0.161. The molecule has 26 heavy (non-hydrogen) atoms. The van der Waals surface area contributed by atoms with Gasteiger partial charge >= 0.3 is 5.97 Å². The Balaban J connectivity index is 1.93. The fourth-order valence-electron chi connectivity index (χ4n) is 3.02. The van der Waals surface area contributed by atoms with E-state index in [4.69, 9.17) is 15.2 Å². The number of fused-ring (bicyclic) bond motifs is 1. The van der Waals surface area contributed by atoms with Crippen LogP contribution in [0.25, 0.3) is 11.0 Å². The van der Waals surface area contributed by atoms with Crippen molar-refractivity contribution >= 4 is 45.5 Å². The highest BCUT2D eigenvalue weighted by Gasteiger charge is 2.40. The Kier molecular flexibility index (Phi) is 5.04. The summed E-state index contributed by atoms with van der Waals surface area (Å²) in [5.41, 5.74) is 5.32. The average Bonchev–Trinajstić information content (AvgIpc) is 3.07. The van der Waals surface area contributed by atoms with Crippen molar-refractivity contribution in [3.8, 4) is 0 Å². The Labute approximate surface area is 164 Å². The van der Waals surface area contributed by atoms with E-state index < -0.39 is 5.41 Å². The number of rotatable bonds is 3. The van der Waals surface area contributed by atoms with Gasteiger partial charge in [-0.1, -0.05) is 6.92 Å². The van der Waals surface area contributed by atoms with Gasteiger partial charge < -0.3 is 19.8 Å². The van der Waals surface area contributed by atoms with Crippen LogP contribution in [0.15, 0.2) is 11.0 Å². The molecule has 2 aromatic heterocycles. The first kappa shape index (κ1) is 19.2. The fraction of sp³-hybridized carbons (Fsp3) is 0.588. The number of carbonyl (C=O) groups is 1. The van der Waals surface area contributed by atoms with Gasteiger partial charge in [0.15, 0.2) is 5.65 Å². The van der Waals surface area contributed by atoms with Crippen molar-refractivity contribution in [3.05, 3.63) is 20.1 Å². The summed E-state index contributed by atoms with van der Waals surface area (Å²) >= 11 is 2.09. The molecule has 3 N–H and O–H groups in total. The zero-order chi connectivity index (χ0) is 19.2. The highest BCUT2D eigenvalue weighted by Crippen LogP contribution is 2.36. The molecular weight excluding hydrogens is 451 g/mol. The highest BCUT2D eigenvalue weighted by molar-refractivity contribution is 14.1. The second-order valence-electron chi connectivity index (χ2n) is 7.50. The van der Waals surface area contributed by atoms with Crippen LogP contribution < -0.4 is 11.3 Å². The van der Waals surface area contributed by atoms with Gasteiger partial charge in [-0.25, -0.2) is 0 Å². The molecule has 142 valence electrons. The predicted octanol–water partition coefficient (Wildman–Crippen LogP) is 2.57. The number of anilines is 1. The molecule has 1 aliphatic heterocycles. The molecule has 2 aromatic rings. The zero-order valence-corrected chi connectivity index (χ0v) is 17.4. The monoisotopic (exact) mass is 474 g/mol. The highest BCUT2D eigenvalue weighted by atomic mass is 127. The lowest BCUT2D eigenvalue weighted by Crippen LogP contribution is -2.32. The molecule has 0 saturated carbocycles. The Hall–Kier alpha value is -1.62. The smallest absolute Gasteiger partial charge is 0.311 e. The molecule has 0 radical (unpaired) electrons. The number of nitrogen functional groups attached to an aromatic ring is 1. The third-order valence-corrected chi connectivity index (χ3v) is 5.24. The number of hydrogen-bond acceptors (Lipinski definition) is 6. The molecule has 3 atom stereocenters. The first-order valence-electron chi connectivity index (χ1n) is 8.54. The first-order valence-corrected chi connectivity index (χ1v) is 9.62. The van der Waals surface area contributed by atoms with Gasteiger partial charge in [0.2, 0.25) is 5.95 Å². The van der Waals surface area contributed by atoms with E-state index in [2.05, 4.69) is 32.6 Å². The van der Waals surface area contributed by atoms with E-state index in [0.717, 1.165) is 3.57 Å². The summed E-state index contributed by atoms with van der Waals surface area (Å²) in [6.45, 7) is 7.46. The van der Waals surface area contributed by atoms with E-state index in [1.165, 1.54) is 0 Å². The number of aromatic amines is 1. The molecule has 0 aliphatic carbocycles. The summed E-state index contributed by atoms with van der Waals surface area (Å²) in [6.07, 6.45) is 2.10. The van der Waals surface area contributed by atoms with Crippen molar-refractivity contribution in [2.45, 2.75) is 59.0 Å². The van der Waals surface area contributed by atoms with Gasteiger partial charge in [-0.3, -0.25) is 14.6 Å². The molecule has 0 amide bonds. The van der Waals surface area contributed by atoms with Crippen LogP contribution in [0.4, 0.5) is 5.95 Å². The van der Waals surface area contributed by atoms with E-state index in [1.807, 2.05) is 33.9 Å². The molecule has 0 spiro atoms. The largest absolute Gasteiger partial charge is 0.459 e. The first-order chi connectivity index (χ1) is 12.1. The summed E-state index contributed by atoms with van der Waals surface area (Å²) in [7, 11) is 0. The SMILES string of the molecule is CC[C@H]1OC(n2cc(I)c3c(=O)[nH]c(N)nc32)C[C@@H]1OC(=O)C(C)(C)C. The van der Waals surface area contributed by atoms with Crippen LogP contribution in [0, 0.1) is 8.99 Å². The summed E-state index contributed by atoms with van der Waals surface area (Å²) < 4.78 is 14.4. The minimum absolute atomic E-state index is 0.0546. The minimum Gasteiger partial charge on any atom is -0.459 e. The summed E-state index contributed by atoms with van der Waals surface area (Å²) in [5, 5.41) is 0.478. The van der Waals surface area contributed by atoms with E-state index in [0.29, 0.717) is 23.9 Å². The molecule has 1 fully saturated rings. The lowest BCUT2D eigenvalue weighted by Gasteiger charge is -2.22. The molecule has 1 unspecified atom stereocenters. The Bertz CT molecular complexity index is 899. The van der Waals surface area contributed by atoms with Crippen LogP contribution in [0.3, 0.4) is 0 Å². The predicted molar refractivity (Wildman–Crippen MR) is 106 cm³/mol. The van der Waals surface area contributed by atoms with Crippen LogP contribution in [0.1, 0.15) is 46.8 Å². The average molecular weight is 474 g/mol. The zero-order valence-electron chi connectivity index (χ0n) is 15.2. The Morgan fingerprint density at radius 3 is 2.85 bits per heavy atom. The second-order valence-corrected chi connectivity index (χ2v) is 8.66. The Morgan fingerprint density at radius 2 is 2.23 bits per heavy atom. The van der Waals surface area contributed by atoms with Gasteiger partial charge in [-0.15, -0.1) is 0 Å².